The Kier molecular flexibility index (Phi) is 3.91. The number of hydrogen-bond donors (Lipinski definition) is 3. The van der Waals surface area contributed by atoms with Gasteiger partial charge < -0.3 is 10.8 Å². The molecule has 5 N–H and O–H groups in total. The molecule has 0 fully saturated rings. The molecule has 23 heavy (non-hydrogen) atoms. The second kappa shape index (κ2) is 6.02. The molecule has 0 saturated carbocycles. The van der Waals surface area contributed by atoms with E-state index in [1.807, 2.05) is 42.5 Å². The second-order valence-corrected chi connectivity index (χ2v) is 5.87. The summed E-state index contributed by atoms with van der Waals surface area (Å²) in [6, 6.07) is 16.4. The van der Waals surface area contributed by atoms with Gasteiger partial charge in [-0.15, -0.1) is 11.3 Å². The number of para-hydroxylation sites is 1. The van der Waals surface area contributed by atoms with Gasteiger partial charge in [-0.3, -0.25) is 5.41 Å². The van der Waals surface area contributed by atoms with E-state index in [-0.39, 0.29) is 5.69 Å². The smallest absolute Gasteiger partial charge is 0.356 e. The van der Waals surface area contributed by atoms with Gasteiger partial charge in [-0.05, 0) is 17.7 Å². The molecule has 3 aromatic rings. The Hall–Kier alpha value is -2.99. The van der Waals surface area contributed by atoms with Crippen LogP contribution in [0.4, 0.5) is 5.69 Å². The first-order valence-electron chi connectivity index (χ1n) is 6.85. The summed E-state index contributed by atoms with van der Waals surface area (Å²) in [5.41, 5.74) is 8.27. The number of nitrogens with zero attached hydrogens (tertiary/aromatic N) is 1. The lowest BCUT2D eigenvalue weighted by molar-refractivity contribution is -0.111. The van der Waals surface area contributed by atoms with Crippen LogP contribution >= 0.6 is 11.3 Å². The third kappa shape index (κ3) is 2.84. The van der Waals surface area contributed by atoms with Gasteiger partial charge in [-0.25, -0.2) is 9.78 Å². The van der Waals surface area contributed by atoms with Gasteiger partial charge in [-0.1, -0.05) is 42.5 Å². The van der Waals surface area contributed by atoms with Crippen molar-refractivity contribution in [2.75, 3.05) is 5.73 Å². The summed E-state index contributed by atoms with van der Waals surface area (Å²) in [6.45, 7) is 0. The number of benzene rings is 2. The summed E-state index contributed by atoms with van der Waals surface area (Å²) in [7, 11) is 0. The molecule has 114 valence electrons. The molecule has 0 aliphatic heterocycles. The van der Waals surface area contributed by atoms with Crippen LogP contribution < -0.4 is 11.1 Å². The Balaban J connectivity index is 2.10. The van der Waals surface area contributed by atoms with E-state index in [1.165, 1.54) is 11.3 Å². The lowest BCUT2D eigenvalue weighted by Gasteiger charge is -1.99. The zero-order chi connectivity index (χ0) is 16.4. The van der Waals surface area contributed by atoms with E-state index in [1.54, 1.807) is 12.1 Å². The van der Waals surface area contributed by atoms with Crippen LogP contribution in [0.3, 0.4) is 0 Å². The zero-order valence-electron chi connectivity index (χ0n) is 12.1. The van der Waals surface area contributed by atoms with Crippen LogP contribution in [0.2, 0.25) is 0 Å². The monoisotopic (exact) mass is 324 g/mol. The van der Waals surface area contributed by atoms with Crippen molar-refractivity contribution in [2.45, 2.75) is 0 Å². The molecule has 0 saturated heterocycles. The highest BCUT2D eigenvalue weighted by Crippen LogP contribution is 2.31. The summed E-state index contributed by atoms with van der Waals surface area (Å²) < 4.78 is 0. The molecule has 0 atom stereocenters. The first kappa shape index (κ1) is 14.9. The predicted octanol–water partition coefficient (Wildman–Crippen LogP) is 1.69. The minimum atomic E-state index is -1.08. The zero-order valence-corrected chi connectivity index (χ0v) is 12.9. The Labute approximate surface area is 136 Å². The van der Waals surface area contributed by atoms with Crippen LogP contribution in [-0.2, 0) is 0 Å². The van der Waals surface area contributed by atoms with Gasteiger partial charge >= 0.3 is 5.97 Å². The van der Waals surface area contributed by atoms with Gasteiger partial charge in [0.1, 0.15) is 0 Å². The first-order chi connectivity index (χ1) is 11.1. The van der Waals surface area contributed by atoms with Crippen LogP contribution in [0.1, 0.15) is 21.1 Å². The van der Waals surface area contributed by atoms with E-state index in [0.29, 0.717) is 26.8 Å². The van der Waals surface area contributed by atoms with Crippen molar-refractivity contribution in [3.63, 3.8) is 0 Å². The van der Waals surface area contributed by atoms with Crippen LogP contribution in [0, 0.1) is 0 Å². The molecule has 0 amide bonds. The molecule has 5 nitrogen and oxygen atoms in total. The largest absolute Gasteiger partial charge is 0.476 e. The maximum Gasteiger partial charge on any atom is 0.356 e. The van der Waals surface area contributed by atoms with Crippen molar-refractivity contribution in [1.82, 2.24) is 4.98 Å². The van der Waals surface area contributed by atoms with Crippen molar-refractivity contribution in [1.29, 1.82) is 0 Å². The average Bonchev–Trinajstić information content (AvgIpc) is 3.01. The maximum atomic E-state index is 11.5. The van der Waals surface area contributed by atoms with Crippen LogP contribution in [-0.4, -0.2) is 21.8 Å². The van der Waals surface area contributed by atoms with Gasteiger partial charge in [0.15, 0.2) is 10.7 Å². The van der Waals surface area contributed by atoms with E-state index < -0.39 is 5.97 Å². The third-order valence-corrected chi connectivity index (χ3v) is 4.48. The standard InChI is InChI=1S/C17H13N3O2S/c18-12-9-5-4-8-11(12)13(19)16-20-14(17(21)22)15(23-16)10-6-2-1-3-7-10/h1-9,19H,18H2,(H,21,22)/p+1. The Morgan fingerprint density at radius 3 is 2.39 bits per heavy atom. The lowest BCUT2D eigenvalue weighted by Crippen LogP contribution is -2.41. The van der Waals surface area contributed by atoms with Crippen LogP contribution in [0.5, 0.6) is 0 Å². The number of thiazole rings is 1. The van der Waals surface area contributed by atoms with E-state index >= 15 is 0 Å². The Morgan fingerprint density at radius 2 is 1.74 bits per heavy atom. The van der Waals surface area contributed by atoms with Crippen LogP contribution in [0.25, 0.3) is 10.4 Å². The summed E-state index contributed by atoms with van der Waals surface area (Å²) in [5.74, 6) is -1.08. The van der Waals surface area contributed by atoms with E-state index in [2.05, 4.69) is 4.98 Å². The molecule has 1 heterocycles. The SMILES string of the molecule is Nc1ccccc1C(=[NH2+])c1nc(C(=O)O)c(-c2ccccc2)s1. The maximum absolute atomic E-state index is 11.5. The van der Waals surface area contributed by atoms with Crippen molar-refractivity contribution in [2.24, 2.45) is 0 Å². The number of rotatable bonds is 4. The number of anilines is 1. The fourth-order valence-corrected chi connectivity index (χ4v) is 3.26. The number of aromatic carboxylic acids is 1. The molecule has 0 aliphatic carbocycles. The molecule has 0 spiro atoms. The fourth-order valence-electron chi connectivity index (χ4n) is 2.22. The van der Waals surface area contributed by atoms with Crippen molar-refractivity contribution < 1.29 is 15.3 Å². The number of aromatic nitrogens is 1. The predicted molar refractivity (Wildman–Crippen MR) is 90.5 cm³/mol. The van der Waals surface area contributed by atoms with Crippen LogP contribution in [0.15, 0.2) is 54.6 Å². The van der Waals surface area contributed by atoms with Gasteiger partial charge in [0.05, 0.1) is 10.4 Å². The van der Waals surface area contributed by atoms with E-state index in [4.69, 9.17) is 11.1 Å². The number of nitrogen functional groups attached to an aromatic ring is 1. The number of nitrogens with two attached hydrogens (primary N) is 2. The Morgan fingerprint density at radius 1 is 1.09 bits per heavy atom. The normalized spacial score (nSPS) is 10.4. The van der Waals surface area contributed by atoms with Crippen molar-refractivity contribution >= 4 is 28.7 Å². The molecule has 6 heteroatoms. The molecule has 0 bridgehead atoms. The first-order valence-corrected chi connectivity index (χ1v) is 7.67. The van der Waals surface area contributed by atoms with E-state index in [0.717, 1.165) is 5.56 Å². The molecular formula is C17H14N3O2S+. The highest BCUT2D eigenvalue weighted by molar-refractivity contribution is 7.17. The highest BCUT2D eigenvalue weighted by atomic mass is 32.1. The number of hydrogen-bond acceptors (Lipinski definition) is 4. The summed E-state index contributed by atoms with van der Waals surface area (Å²) in [4.78, 5) is 16.3. The van der Waals surface area contributed by atoms with Gasteiger partial charge in [-0.2, -0.15) is 0 Å². The fraction of sp³-hybridized carbons (Fsp3) is 0. The minimum Gasteiger partial charge on any atom is -0.476 e. The number of carboxylic acid groups (broad SMARTS) is 1. The van der Waals surface area contributed by atoms with Crippen molar-refractivity contribution in [3.8, 4) is 10.4 Å². The summed E-state index contributed by atoms with van der Waals surface area (Å²) in [6.07, 6.45) is 0. The van der Waals surface area contributed by atoms with Gasteiger partial charge in [0.25, 0.3) is 0 Å². The number of carboxylic acids is 1. The molecular weight excluding hydrogens is 310 g/mol. The summed E-state index contributed by atoms with van der Waals surface area (Å²) in [5, 5.41) is 16.0. The second-order valence-electron chi connectivity index (χ2n) is 4.87. The summed E-state index contributed by atoms with van der Waals surface area (Å²) >= 11 is 1.24. The average molecular weight is 324 g/mol. The van der Waals surface area contributed by atoms with Crippen molar-refractivity contribution in [3.05, 3.63) is 70.9 Å². The molecule has 3 rings (SSSR count). The number of carbonyl (C=O) groups is 1. The molecule has 0 unspecified atom stereocenters. The molecule has 0 radical (unpaired) electrons. The topological polar surface area (TPSA) is 102 Å². The highest BCUT2D eigenvalue weighted by Gasteiger charge is 2.24. The minimum absolute atomic E-state index is 0.00588. The van der Waals surface area contributed by atoms with Gasteiger partial charge in [0, 0.05) is 5.69 Å². The third-order valence-electron chi connectivity index (χ3n) is 3.35. The van der Waals surface area contributed by atoms with Gasteiger partial charge in [0.2, 0.25) is 5.71 Å². The quantitative estimate of drug-likeness (QED) is 0.502. The molecule has 1 aromatic heterocycles. The van der Waals surface area contributed by atoms with E-state index in [9.17, 15) is 9.90 Å². The Bertz CT molecular complexity index is 888. The molecule has 0 aliphatic rings. The lowest BCUT2D eigenvalue weighted by atomic mass is 10.1. The molecule has 2 aromatic carbocycles.